The van der Waals surface area contributed by atoms with Crippen LogP contribution in [0.5, 0.6) is 11.5 Å². The average molecular weight is 383 g/mol. The maximum absolute atomic E-state index is 12.1. The van der Waals surface area contributed by atoms with Crippen LogP contribution in [0.1, 0.15) is 36.7 Å². The first-order chi connectivity index (χ1) is 13.4. The summed E-state index contributed by atoms with van der Waals surface area (Å²) in [6.07, 6.45) is 2.93. The van der Waals surface area contributed by atoms with Crippen LogP contribution >= 0.6 is 0 Å². The molecular weight excluding hydrogens is 358 g/mol. The van der Waals surface area contributed by atoms with Crippen LogP contribution in [0, 0.1) is 0 Å². The summed E-state index contributed by atoms with van der Waals surface area (Å²) in [5.74, 6) is 0.582. The van der Waals surface area contributed by atoms with Gasteiger partial charge < -0.3 is 19.5 Å². The number of benzene rings is 2. The lowest BCUT2D eigenvalue weighted by Gasteiger charge is -2.09. The summed E-state index contributed by atoms with van der Waals surface area (Å²) in [4.78, 5) is 24.0. The number of rotatable bonds is 8. The molecule has 0 aliphatic rings. The van der Waals surface area contributed by atoms with Gasteiger partial charge in [-0.3, -0.25) is 4.79 Å². The van der Waals surface area contributed by atoms with Gasteiger partial charge in [-0.05, 0) is 68.8 Å². The van der Waals surface area contributed by atoms with Crippen molar-refractivity contribution in [1.29, 1.82) is 0 Å². The zero-order valence-corrected chi connectivity index (χ0v) is 16.5. The Morgan fingerprint density at radius 3 is 2.39 bits per heavy atom. The number of hydrogen-bond donors (Lipinski definition) is 1. The number of nitrogens with one attached hydrogen (secondary N) is 1. The minimum Gasteiger partial charge on any atom is -0.493 e. The molecule has 1 N–H and O–H groups in total. The smallest absolute Gasteiger partial charge is 0.338 e. The van der Waals surface area contributed by atoms with Gasteiger partial charge in [-0.15, -0.1) is 0 Å². The van der Waals surface area contributed by atoms with Crippen molar-refractivity contribution < 1.29 is 23.8 Å². The van der Waals surface area contributed by atoms with Crippen LogP contribution in [0.4, 0.5) is 5.69 Å². The Labute approximate surface area is 165 Å². The maximum atomic E-state index is 12.1. The number of ether oxygens (including phenoxy) is 3. The van der Waals surface area contributed by atoms with Crippen LogP contribution < -0.4 is 14.8 Å². The van der Waals surface area contributed by atoms with Crippen molar-refractivity contribution >= 4 is 23.6 Å². The number of hydrogen-bond acceptors (Lipinski definition) is 5. The molecule has 0 aliphatic carbocycles. The molecule has 2 aromatic rings. The fraction of sp³-hybridized carbons (Fsp3) is 0.273. The van der Waals surface area contributed by atoms with E-state index in [4.69, 9.17) is 14.2 Å². The van der Waals surface area contributed by atoms with Crippen molar-refractivity contribution in [2.75, 3.05) is 19.0 Å². The highest BCUT2D eigenvalue weighted by Gasteiger charge is 2.09. The molecule has 1 amide bonds. The molecule has 0 aliphatic heterocycles. The molecule has 0 heterocycles. The molecule has 2 rings (SSSR count). The van der Waals surface area contributed by atoms with Crippen LogP contribution in [0.15, 0.2) is 48.5 Å². The minimum atomic E-state index is -0.391. The van der Waals surface area contributed by atoms with Gasteiger partial charge in [0.2, 0.25) is 5.91 Å². The maximum Gasteiger partial charge on any atom is 0.338 e. The highest BCUT2D eigenvalue weighted by atomic mass is 16.5. The minimum absolute atomic E-state index is 0.182. The predicted molar refractivity (Wildman–Crippen MR) is 109 cm³/mol. The fourth-order valence-corrected chi connectivity index (χ4v) is 2.39. The number of carbonyl (C=O) groups is 2. The van der Waals surface area contributed by atoms with E-state index in [1.807, 2.05) is 13.0 Å². The number of esters is 1. The van der Waals surface area contributed by atoms with E-state index < -0.39 is 5.97 Å². The Hall–Kier alpha value is -3.28. The van der Waals surface area contributed by atoms with E-state index in [1.165, 1.54) is 6.08 Å². The third kappa shape index (κ3) is 6.16. The van der Waals surface area contributed by atoms with Crippen molar-refractivity contribution in [3.8, 4) is 11.5 Å². The van der Waals surface area contributed by atoms with E-state index in [0.717, 1.165) is 5.56 Å². The Morgan fingerprint density at radius 2 is 1.79 bits per heavy atom. The molecule has 0 unspecified atom stereocenters. The van der Waals surface area contributed by atoms with E-state index in [-0.39, 0.29) is 12.0 Å². The summed E-state index contributed by atoms with van der Waals surface area (Å²) < 4.78 is 15.9. The first kappa shape index (κ1) is 21.0. The van der Waals surface area contributed by atoms with Gasteiger partial charge in [0.1, 0.15) is 0 Å². The molecule has 0 radical (unpaired) electrons. The van der Waals surface area contributed by atoms with E-state index in [0.29, 0.717) is 29.4 Å². The lowest BCUT2D eigenvalue weighted by atomic mass is 10.2. The zero-order chi connectivity index (χ0) is 20.5. The average Bonchev–Trinajstić information content (AvgIpc) is 2.67. The third-order valence-electron chi connectivity index (χ3n) is 3.65. The lowest BCUT2D eigenvalue weighted by molar-refractivity contribution is -0.111. The lowest BCUT2D eigenvalue weighted by Crippen LogP contribution is -2.12. The second kappa shape index (κ2) is 10.2. The normalized spacial score (nSPS) is 10.8. The highest BCUT2D eigenvalue weighted by Crippen LogP contribution is 2.28. The number of methoxy groups -OCH3 is 1. The fourth-order valence-electron chi connectivity index (χ4n) is 2.39. The summed E-state index contributed by atoms with van der Waals surface area (Å²) in [5.41, 5.74) is 1.82. The standard InChI is InChI=1S/C22H25NO5/c1-5-27-19-12-6-16(14-20(19)26-4)7-13-21(24)23-18-10-8-17(9-11-18)22(25)28-15(2)3/h6-15H,5H2,1-4H3,(H,23,24)/b13-7+. The Kier molecular flexibility index (Phi) is 7.63. The molecular formula is C22H25NO5. The number of carbonyl (C=O) groups excluding carboxylic acids is 2. The summed E-state index contributed by atoms with van der Waals surface area (Å²) in [6, 6.07) is 12.0. The van der Waals surface area contributed by atoms with Gasteiger partial charge in [-0.2, -0.15) is 0 Å². The molecule has 0 atom stereocenters. The van der Waals surface area contributed by atoms with Gasteiger partial charge >= 0.3 is 5.97 Å². The van der Waals surface area contributed by atoms with Gasteiger partial charge in [-0.1, -0.05) is 6.07 Å². The topological polar surface area (TPSA) is 73.9 Å². The van der Waals surface area contributed by atoms with E-state index >= 15 is 0 Å². The molecule has 0 aromatic heterocycles. The molecule has 148 valence electrons. The summed E-state index contributed by atoms with van der Waals surface area (Å²) >= 11 is 0. The van der Waals surface area contributed by atoms with Gasteiger partial charge in [0.05, 0.1) is 25.4 Å². The molecule has 6 nitrogen and oxygen atoms in total. The van der Waals surface area contributed by atoms with Crippen LogP contribution in [0.2, 0.25) is 0 Å². The van der Waals surface area contributed by atoms with E-state index in [9.17, 15) is 9.59 Å². The quantitative estimate of drug-likeness (QED) is 0.543. The molecule has 0 spiro atoms. The van der Waals surface area contributed by atoms with Crippen LogP contribution in [0.25, 0.3) is 6.08 Å². The Morgan fingerprint density at radius 1 is 1.07 bits per heavy atom. The van der Waals surface area contributed by atoms with Crippen molar-refractivity contribution in [3.63, 3.8) is 0 Å². The largest absolute Gasteiger partial charge is 0.493 e. The van der Waals surface area contributed by atoms with Crippen molar-refractivity contribution in [2.24, 2.45) is 0 Å². The van der Waals surface area contributed by atoms with Crippen LogP contribution in [-0.4, -0.2) is 31.7 Å². The summed E-state index contributed by atoms with van der Waals surface area (Å²) in [6.45, 7) is 6.02. The van der Waals surface area contributed by atoms with Crippen molar-refractivity contribution in [2.45, 2.75) is 26.9 Å². The van der Waals surface area contributed by atoms with Gasteiger partial charge in [0.15, 0.2) is 11.5 Å². The second-order valence-electron chi connectivity index (χ2n) is 6.20. The van der Waals surface area contributed by atoms with Crippen molar-refractivity contribution in [3.05, 3.63) is 59.7 Å². The first-order valence-corrected chi connectivity index (χ1v) is 9.04. The van der Waals surface area contributed by atoms with Gasteiger partial charge in [-0.25, -0.2) is 4.79 Å². The van der Waals surface area contributed by atoms with Crippen molar-refractivity contribution in [1.82, 2.24) is 0 Å². The molecule has 28 heavy (non-hydrogen) atoms. The highest BCUT2D eigenvalue weighted by molar-refractivity contribution is 6.02. The molecule has 2 aromatic carbocycles. The molecule has 0 bridgehead atoms. The van der Waals surface area contributed by atoms with Gasteiger partial charge in [0.25, 0.3) is 0 Å². The van der Waals surface area contributed by atoms with Crippen LogP contribution in [0.3, 0.4) is 0 Å². The Bertz CT molecular complexity index is 841. The molecule has 0 saturated heterocycles. The molecule has 6 heteroatoms. The zero-order valence-electron chi connectivity index (χ0n) is 16.5. The molecule has 0 saturated carbocycles. The third-order valence-corrected chi connectivity index (χ3v) is 3.65. The second-order valence-corrected chi connectivity index (χ2v) is 6.20. The Balaban J connectivity index is 1.99. The monoisotopic (exact) mass is 383 g/mol. The number of anilines is 1. The van der Waals surface area contributed by atoms with E-state index in [1.54, 1.807) is 63.4 Å². The predicted octanol–water partition coefficient (Wildman–Crippen LogP) is 4.31. The van der Waals surface area contributed by atoms with Crippen LogP contribution in [-0.2, 0) is 9.53 Å². The van der Waals surface area contributed by atoms with E-state index in [2.05, 4.69) is 5.32 Å². The number of amides is 1. The summed E-state index contributed by atoms with van der Waals surface area (Å²) in [5, 5.41) is 2.75. The van der Waals surface area contributed by atoms with Gasteiger partial charge in [0, 0.05) is 11.8 Å². The summed E-state index contributed by atoms with van der Waals surface area (Å²) in [7, 11) is 1.57. The first-order valence-electron chi connectivity index (χ1n) is 9.04. The molecule has 0 fully saturated rings. The SMILES string of the molecule is CCOc1ccc(/C=C/C(=O)Nc2ccc(C(=O)OC(C)C)cc2)cc1OC.